The highest BCUT2D eigenvalue weighted by atomic mass is 32.1. The molecule has 0 radical (unpaired) electrons. The summed E-state index contributed by atoms with van der Waals surface area (Å²) in [6, 6.07) is 24.5. The van der Waals surface area contributed by atoms with Crippen molar-refractivity contribution in [2.75, 3.05) is 39.3 Å². The standard InChI is InChI=1S/2C20H25NS.C19H23NOS/c1-3-14-9-13-10-17-19(14)21(11-13)7-6-15-16-8-12(2)4-5-18(16)22-20(15)17;1-3-20(2)11-13-10-16-18-15(8-9-21(12-13)19(16)20)14-6-4-5-7-17(14)22-18;1-2-12-7-11-8-16-18(12)20(10-11)6-5-14-15-9-13(21)3-4-17(15)22-19(14)16/h4-5,8,13-14,17,19H,3,6-7,9-11H2,1-2H3;4-7,13,16,19H,3,8-12H2,1-2H3;3-4,9,11-12,16,18,21H,2,5-8,10H2,1H3. The van der Waals surface area contributed by atoms with Crippen LogP contribution in [0.5, 0.6) is 5.75 Å². The fraction of sp³-hybridized carbons (Fsp3) is 0.593. The van der Waals surface area contributed by atoms with Gasteiger partial charge in [0.2, 0.25) is 0 Å². The van der Waals surface area contributed by atoms with Gasteiger partial charge >= 0.3 is 0 Å². The summed E-state index contributed by atoms with van der Waals surface area (Å²) in [6.45, 7) is 19.9. The lowest BCUT2D eigenvalue weighted by Gasteiger charge is -2.58. The van der Waals surface area contributed by atoms with Gasteiger partial charge in [-0.3, -0.25) is 14.7 Å². The van der Waals surface area contributed by atoms with Crippen LogP contribution in [0, 0.1) is 41.9 Å². The number of piperidine rings is 6. The van der Waals surface area contributed by atoms with Crippen LogP contribution in [0.1, 0.15) is 140 Å². The highest BCUT2D eigenvalue weighted by Crippen LogP contribution is 2.59. The summed E-state index contributed by atoms with van der Waals surface area (Å²) >= 11 is 6.23. The van der Waals surface area contributed by atoms with Crippen LogP contribution >= 0.6 is 34.0 Å². The molecule has 9 fully saturated rings. The minimum atomic E-state index is 0.411. The van der Waals surface area contributed by atoms with Gasteiger partial charge in [0.1, 0.15) is 5.75 Å². The third-order valence-electron chi connectivity index (χ3n) is 19.7. The number of phenolic OH excluding ortho intramolecular Hbond substituents is 1. The maximum atomic E-state index is 9.89. The lowest BCUT2D eigenvalue weighted by molar-refractivity contribution is -0.0666. The molecular formula is C59H73N3OS3. The second-order valence-corrected chi connectivity index (χ2v) is 26.6. The van der Waals surface area contributed by atoms with Gasteiger partial charge in [-0.25, -0.2) is 0 Å². The average Bonchev–Trinajstić information content (AvgIpc) is 3.95. The Balaban J connectivity index is 0.0000000988. The summed E-state index contributed by atoms with van der Waals surface area (Å²) in [5.41, 5.74) is 6.89. The van der Waals surface area contributed by atoms with Crippen LogP contribution in [0.4, 0.5) is 0 Å². The predicted molar refractivity (Wildman–Crippen MR) is 281 cm³/mol. The summed E-state index contributed by atoms with van der Waals surface area (Å²) in [5, 5.41) is 14.3. The Labute approximate surface area is 406 Å². The zero-order valence-electron chi connectivity index (χ0n) is 40.4. The third-order valence-corrected chi connectivity index (χ3v) is 23.8. The fourth-order valence-corrected chi connectivity index (χ4v) is 21.2. The van der Waals surface area contributed by atoms with Crippen LogP contribution in [0.25, 0.3) is 30.3 Å². The molecule has 15 unspecified atom stereocenters. The van der Waals surface area contributed by atoms with Gasteiger partial charge in [-0.05, 0) is 169 Å². The van der Waals surface area contributed by atoms with Crippen LogP contribution in [0.15, 0.2) is 60.7 Å². The van der Waals surface area contributed by atoms with Crippen molar-refractivity contribution >= 4 is 64.3 Å². The number of phenols is 1. The quantitative estimate of drug-likeness (QED) is 0.192. The summed E-state index contributed by atoms with van der Waals surface area (Å²) in [5.74, 6) is 7.40. The number of aromatic hydroxyl groups is 1. The molecule has 7 heteroatoms. The lowest BCUT2D eigenvalue weighted by atomic mass is 9.58. The maximum Gasteiger partial charge on any atom is 0.116 e. The molecule has 6 aromatic rings. The largest absolute Gasteiger partial charge is 0.508 e. The number of nitrogens with zero attached hydrogens (tertiary/aromatic N) is 3. The van der Waals surface area contributed by atoms with E-state index in [9.17, 15) is 5.11 Å². The number of benzene rings is 3. The van der Waals surface area contributed by atoms with E-state index in [4.69, 9.17) is 0 Å². The molecule has 1 N–H and O–H groups in total. The van der Waals surface area contributed by atoms with E-state index < -0.39 is 0 Å². The molecule has 0 spiro atoms. The zero-order chi connectivity index (χ0) is 44.6. The van der Waals surface area contributed by atoms with Gasteiger partial charge in [-0.15, -0.1) is 34.0 Å². The monoisotopic (exact) mass is 935 g/mol. The van der Waals surface area contributed by atoms with Gasteiger partial charge in [-0.1, -0.05) is 76.4 Å². The van der Waals surface area contributed by atoms with Crippen molar-refractivity contribution in [1.82, 2.24) is 14.7 Å². The minimum Gasteiger partial charge on any atom is -0.508 e. The second kappa shape index (κ2) is 16.7. The summed E-state index contributed by atoms with van der Waals surface area (Å²) in [6.07, 6.45) is 16.4. The van der Waals surface area contributed by atoms with Crippen LogP contribution < -0.4 is 0 Å². The molecule has 3 aromatic heterocycles. The Morgan fingerprint density at radius 2 is 1.09 bits per heavy atom. The normalized spacial score (nSPS) is 37.5. The highest BCUT2D eigenvalue weighted by molar-refractivity contribution is 7.20. The number of fused-ring (bicyclic) bond motifs is 12. The summed E-state index contributed by atoms with van der Waals surface area (Å²) < 4.78 is 4.41. The molecule has 18 rings (SSSR count). The molecule has 3 aromatic carbocycles. The molecule has 3 saturated carbocycles. The van der Waals surface area contributed by atoms with E-state index in [1.807, 2.05) is 23.5 Å². The Bertz CT molecular complexity index is 2670. The van der Waals surface area contributed by atoms with Crippen LogP contribution in [0.2, 0.25) is 0 Å². The van der Waals surface area contributed by atoms with E-state index >= 15 is 0 Å². The van der Waals surface area contributed by atoms with Gasteiger partial charge in [-0.2, -0.15) is 0 Å². The molecule has 9 aliphatic heterocycles. The minimum absolute atomic E-state index is 0.411. The maximum absolute atomic E-state index is 9.89. The molecule has 66 heavy (non-hydrogen) atoms. The first-order valence-electron chi connectivity index (χ1n) is 26.7. The van der Waals surface area contributed by atoms with Crippen LogP contribution in [-0.4, -0.2) is 77.2 Å². The SMILES string of the molecule is CCC1(C)CC2CC3c4sc5ccccc5c4CCN(C2)C31.CCC1CC2CC3c4sc5ccc(C)cc5c4CCN(C2)C13.CCC1CC2CC3c4sc5ccc(O)cc5c4CCN(C2)C13. The first-order valence-corrected chi connectivity index (χ1v) is 29.1. The average molecular weight is 936 g/mol. The Hall–Kier alpha value is -2.78. The van der Waals surface area contributed by atoms with E-state index in [0.717, 1.165) is 71.9 Å². The number of thiophene rings is 3. The number of aryl methyl sites for hydroxylation is 1. The highest BCUT2D eigenvalue weighted by Gasteiger charge is 2.55. The smallest absolute Gasteiger partial charge is 0.116 e. The van der Waals surface area contributed by atoms with E-state index in [1.54, 1.807) is 42.1 Å². The Morgan fingerprint density at radius 3 is 1.71 bits per heavy atom. The van der Waals surface area contributed by atoms with Gasteiger partial charge in [0.25, 0.3) is 0 Å². The van der Waals surface area contributed by atoms with Crippen molar-refractivity contribution in [2.24, 2.45) is 35.0 Å². The van der Waals surface area contributed by atoms with E-state index in [-0.39, 0.29) is 0 Å². The van der Waals surface area contributed by atoms with E-state index in [1.165, 1.54) is 135 Å². The molecule has 4 nitrogen and oxygen atoms in total. The van der Waals surface area contributed by atoms with Crippen molar-refractivity contribution < 1.29 is 5.11 Å². The summed E-state index contributed by atoms with van der Waals surface area (Å²) in [4.78, 5) is 13.7. The van der Waals surface area contributed by atoms with Crippen molar-refractivity contribution in [2.45, 2.75) is 148 Å². The lowest BCUT2D eigenvalue weighted by Crippen LogP contribution is -2.60. The van der Waals surface area contributed by atoms with Crippen molar-refractivity contribution in [3.05, 3.63) is 97.5 Å². The molecule has 12 aliphatic rings. The Kier molecular flexibility index (Phi) is 10.9. The van der Waals surface area contributed by atoms with Crippen LogP contribution in [0.3, 0.4) is 0 Å². The van der Waals surface area contributed by atoms with Gasteiger partial charge in [0, 0.05) is 104 Å². The summed E-state index contributed by atoms with van der Waals surface area (Å²) in [7, 11) is 0. The van der Waals surface area contributed by atoms with E-state index in [2.05, 4.69) is 121 Å². The third kappa shape index (κ3) is 6.91. The number of hydrogen-bond donors (Lipinski definition) is 1. The first-order chi connectivity index (χ1) is 32.2. The zero-order valence-corrected chi connectivity index (χ0v) is 42.8. The van der Waals surface area contributed by atoms with Gasteiger partial charge in [0.15, 0.2) is 0 Å². The molecule has 348 valence electrons. The molecule has 12 bridgehead atoms. The van der Waals surface area contributed by atoms with Crippen molar-refractivity contribution in [3.8, 4) is 5.75 Å². The van der Waals surface area contributed by atoms with Crippen molar-refractivity contribution in [1.29, 1.82) is 0 Å². The number of hydrogen-bond acceptors (Lipinski definition) is 7. The number of rotatable bonds is 3. The first kappa shape index (κ1) is 43.3. The second-order valence-electron chi connectivity index (χ2n) is 23.3. The topological polar surface area (TPSA) is 30.0 Å². The van der Waals surface area contributed by atoms with Gasteiger partial charge < -0.3 is 5.11 Å². The predicted octanol–water partition coefficient (Wildman–Crippen LogP) is 14.4. The van der Waals surface area contributed by atoms with Crippen LogP contribution in [-0.2, 0) is 19.3 Å². The van der Waals surface area contributed by atoms with E-state index in [0.29, 0.717) is 11.2 Å². The molecule has 3 aliphatic carbocycles. The molecule has 6 saturated heterocycles. The molecule has 0 amide bonds. The fourth-order valence-electron chi connectivity index (χ4n) is 17.1. The van der Waals surface area contributed by atoms with Crippen molar-refractivity contribution in [3.63, 3.8) is 0 Å². The molecule has 12 heterocycles. The molecular weight excluding hydrogens is 863 g/mol. The Morgan fingerprint density at radius 1 is 0.576 bits per heavy atom. The van der Waals surface area contributed by atoms with Gasteiger partial charge in [0.05, 0.1) is 0 Å². The molecule has 15 atom stereocenters.